The molecule has 120 valence electrons. The summed E-state index contributed by atoms with van der Waals surface area (Å²) in [5.74, 6) is 0.215. The first-order valence-corrected chi connectivity index (χ1v) is 6.89. The molecule has 1 aromatic heterocycles. The number of rotatable bonds is 4. The number of nitrogens with zero attached hydrogens (tertiary/aromatic N) is 2. The zero-order valence-corrected chi connectivity index (χ0v) is 13.1. The predicted molar refractivity (Wildman–Crippen MR) is 75.9 cm³/mol. The Morgan fingerprint density at radius 3 is 2.50 bits per heavy atom. The highest BCUT2D eigenvalue weighted by atomic mass is 35.5. The second-order valence-corrected chi connectivity index (χ2v) is 5.00. The van der Waals surface area contributed by atoms with Gasteiger partial charge in [0.05, 0.1) is 11.6 Å². The van der Waals surface area contributed by atoms with E-state index in [1.165, 1.54) is 18.2 Å². The fourth-order valence-corrected chi connectivity index (χ4v) is 2.25. The van der Waals surface area contributed by atoms with Crippen molar-refractivity contribution in [3.8, 4) is 17.4 Å². The van der Waals surface area contributed by atoms with Gasteiger partial charge in [-0.1, -0.05) is 23.2 Å². The summed E-state index contributed by atoms with van der Waals surface area (Å²) in [7, 11) is 1.13. The fraction of sp³-hybridized carbons (Fsp3) is 0.308. The molecule has 0 unspecified atom stereocenters. The van der Waals surface area contributed by atoms with Crippen LogP contribution < -0.4 is 9.47 Å². The van der Waals surface area contributed by atoms with Crippen LogP contribution in [0.1, 0.15) is 12.6 Å². The molecule has 0 fully saturated rings. The summed E-state index contributed by atoms with van der Waals surface area (Å²) in [5.41, 5.74) is -1.08. The maximum atomic E-state index is 12.8. The first kappa shape index (κ1) is 16.8. The van der Waals surface area contributed by atoms with Crippen LogP contribution in [0, 0.1) is 0 Å². The van der Waals surface area contributed by atoms with E-state index in [9.17, 15) is 13.2 Å². The first-order valence-electron chi connectivity index (χ1n) is 6.14. The van der Waals surface area contributed by atoms with Gasteiger partial charge in [-0.25, -0.2) is 0 Å². The highest BCUT2D eigenvalue weighted by molar-refractivity contribution is 6.32. The van der Waals surface area contributed by atoms with Gasteiger partial charge >= 0.3 is 6.18 Å². The molecule has 0 bridgehead atoms. The summed E-state index contributed by atoms with van der Waals surface area (Å²) in [6, 6.07) is 4.43. The van der Waals surface area contributed by atoms with Crippen LogP contribution in [0.25, 0.3) is 0 Å². The molecule has 22 heavy (non-hydrogen) atoms. The van der Waals surface area contributed by atoms with Crippen molar-refractivity contribution in [1.29, 1.82) is 0 Å². The van der Waals surface area contributed by atoms with Crippen molar-refractivity contribution in [3.05, 3.63) is 33.9 Å². The zero-order chi connectivity index (χ0) is 16.5. The molecule has 0 spiro atoms. The summed E-state index contributed by atoms with van der Waals surface area (Å²) in [5, 5.41) is 3.39. The number of benzene rings is 1. The lowest BCUT2D eigenvalue weighted by molar-refractivity contribution is -0.143. The average Bonchev–Trinajstić information content (AvgIpc) is 2.68. The van der Waals surface area contributed by atoms with Crippen LogP contribution in [0.5, 0.6) is 17.4 Å². The van der Waals surface area contributed by atoms with E-state index in [2.05, 4.69) is 5.10 Å². The zero-order valence-electron chi connectivity index (χ0n) is 11.5. The normalized spacial score (nSPS) is 11.6. The SMILES string of the molecule is CCOc1cc(Oc2nn(C)c(C(F)(F)F)c2Cl)ccc1Cl. The maximum absolute atomic E-state index is 12.8. The van der Waals surface area contributed by atoms with E-state index in [-0.39, 0.29) is 11.6 Å². The van der Waals surface area contributed by atoms with Gasteiger partial charge in [-0.2, -0.15) is 13.2 Å². The summed E-state index contributed by atoms with van der Waals surface area (Å²) in [6.07, 6.45) is -4.63. The van der Waals surface area contributed by atoms with E-state index in [0.717, 1.165) is 7.05 Å². The molecule has 0 N–H and O–H groups in total. The lowest BCUT2D eigenvalue weighted by atomic mass is 10.3. The third-order valence-corrected chi connectivity index (χ3v) is 3.30. The van der Waals surface area contributed by atoms with Crippen molar-refractivity contribution < 1.29 is 22.6 Å². The van der Waals surface area contributed by atoms with E-state index in [1.54, 1.807) is 6.92 Å². The molecule has 0 aliphatic rings. The number of ether oxygens (including phenoxy) is 2. The summed E-state index contributed by atoms with van der Waals surface area (Å²) in [4.78, 5) is 0. The smallest absolute Gasteiger partial charge is 0.434 e. The minimum atomic E-state index is -4.63. The van der Waals surface area contributed by atoms with Gasteiger partial charge in [0.15, 0.2) is 5.69 Å². The molecule has 2 aromatic rings. The van der Waals surface area contributed by atoms with Gasteiger partial charge in [-0.05, 0) is 19.1 Å². The lowest BCUT2D eigenvalue weighted by Gasteiger charge is -2.08. The molecule has 4 nitrogen and oxygen atoms in total. The predicted octanol–water partition coefficient (Wildman–Crippen LogP) is 4.94. The molecular weight excluding hydrogens is 344 g/mol. The van der Waals surface area contributed by atoms with Gasteiger partial charge in [0.25, 0.3) is 5.88 Å². The number of hydrogen-bond donors (Lipinski definition) is 0. The lowest BCUT2D eigenvalue weighted by Crippen LogP contribution is -2.12. The third-order valence-electron chi connectivity index (χ3n) is 2.65. The van der Waals surface area contributed by atoms with Crippen molar-refractivity contribution in [2.45, 2.75) is 13.1 Å². The minimum Gasteiger partial charge on any atom is -0.492 e. The van der Waals surface area contributed by atoms with Crippen molar-refractivity contribution >= 4 is 23.2 Å². The van der Waals surface area contributed by atoms with Gasteiger partial charge in [0, 0.05) is 13.1 Å². The Hall–Kier alpha value is -1.60. The van der Waals surface area contributed by atoms with Crippen LogP contribution in [0.3, 0.4) is 0 Å². The molecule has 0 saturated heterocycles. The summed E-state index contributed by atoms with van der Waals surface area (Å²) < 4.78 is 49.7. The van der Waals surface area contributed by atoms with Gasteiger partial charge in [-0.15, -0.1) is 5.10 Å². The molecule has 9 heteroatoms. The topological polar surface area (TPSA) is 36.3 Å². The Labute approximate surface area is 134 Å². The standard InChI is InChI=1S/C13H11Cl2F3N2O2/c1-3-21-9-6-7(4-5-8(9)14)22-12-10(15)11(13(16,17)18)20(2)19-12/h4-6H,3H2,1-2H3. The molecule has 1 heterocycles. The molecule has 0 radical (unpaired) electrons. The number of alkyl halides is 3. The Kier molecular flexibility index (Phi) is 4.77. The average molecular weight is 355 g/mol. The highest BCUT2D eigenvalue weighted by Gasteiger charge is 2.39. The van der Waals surface area contributed by atoms with Gasteiger partial charge in [0.2, 0.25) is 0 Å². The van der Waals surface area contributed by atoms with Gasteiger partial charge in [-0.3, -0.25) is 4.68 Å². The number of hydrogen-bond acceptors (Lipinski definition) is 3. The van der Waals surface area contributed by atoms with Crippen LogP contribution >= 0.6 is 23.2 Å². The van der Waals surface area contributed by atoms with Crippen molar-refractivity contribution in [2.75, 3.05) is 6.61 Å². The fourth-order valence-electron chi connectivity index (χ4n) is 1.77. The van der Waals surface area contributed by atoms with Gasteiger partial charge < -0.3 is 9.47 Å². The third kappa shape index (κ3) is 3.41. The largest absolute Gasteiger partial charge is 0.492 e. The van der Waals surface area contributed by atoms with E-state index < -0.39 is 16.9 Å². The Balaban J connectivity index is 2.34. The number of aryl methyl sites for hydroxylation is 1. The summed E-state index contributed by atoms with van der Waals surface area (Å²) in [6.45, 7) is 2.15. The summed E-state index contributed by atoms with van der Waals surface area (Å²) >= 11 is 11.6. The second kappa shape index (κ2) is 6.26. The van der Waals surface area contributed by atoms with Crippen LogP contribution in [0.4, 0.5) is 13.2 Å². The van der Waals surface area contributed by atoms with E-state index in [0.29, 0.717) is 22.1 Å². The quantitative estimate of drug-likeness (QED) is 0.780. The molecule has 0 atom stereocenters. The van der Waals surface area contributed by atoms with Crippen molar-refractivity contribution in [2.24, 2.45) is 7.05 Å². The number of aromatic nitrogens is 2. The molecule has 0 aliphatic carbocycles. The Morgan fingerprint density at radius 2 is 1.95 bits per heavy atom. The van der Waals surface area contributed by atoms with E-state index in [1.807, 2.05) is 0 Å². The van der Waals surface area contributed by atoms with Crippen molar-refractivity contribution in [3.63, 3.8) is 0 Å². The Bertz CT molecular complexity index is 687. The molecule has 0 saturated carbocycles. The van der Waals surface area contributed by atoms with Crippen molar-refractivity contribution in [1.82, 2.24) is 9.78 Å². The molecule has 0 aliphatic heterocycles. The van der Waals surface area contributed by atoms with E-state index >= 15 is 0 Å². The Morgan fingerprint density at radius 1 is 1.27 bits per heavy atom. The monoisotopic (exact) mass is 354 g/mol. The number of halogens is 5. The molecular formula is C13H11Cl2F3N2O2. The molecule has 1 aromatic carbocycles. The van der Waals surface area contributed by atoms with Crippen LogP contribution in [0.15, 0.2) is 18.2 Å². The molecule has 2 rings (SSSR count). The van der Waals surface area contributed by atoms with Crippen LogP contribution in [-0.4, -0.2) is 16.4 Å². The minimum absolute atomic E-state index is 0.210. The first-order chi connectivity index (χ1) is 10.2. The van der Waals surface area contributed by atoms with E-state index in [4.69, 9.17) is 32.7 Å². The second-order valence-electron chi connectivity index (χ2n) is 4.22. The van der Waals surface area contributed by atoms with Crippen LogP contribution in [0.2, 0.25) is 10.0 Å². The molecule has 0 amide bonds. The van der Waals surface area contributed by atoms with Crippen LogP contribution in [-0.2, 0) is 13.2 Å². The maximum Gasteiger partial charge on any atom is 0.434 e. The highest BCUT2D eigenvalue weighted by Crippen LogP contribution is 2.41. The van der Waals surface area contributed by atoms with Gasteiger partial charge in [0.1, 0.15) is 16.5 Å².